The zero-order chi connectivity index (χ0) is 10.1. The van der Waals surface area contributed by atoms with Crippen molar-refractivity contribution < 1.29 is 5.11 Å². The predicted octanol–water partition coefficient (Wildman–Crippen LogP) is 3.31. The Morgan fingerprint density at radius 3 is 2.54 bits per heavy atom. The van der Waals surface area contributed by atoms with Crippen molar-refractivity contribution in [2.75, 3.05) is 0 Å². The van der Waals surface area contributed by atoms with Crippen molar-refractivity contribution in [3.05, 3.63) is 21.9 Å². The second-order valence-corrected chi connectivity index (χ2v) is 5.22. The summed E-state index contributed by atoms with van der Waals surface area (Å²) in [5, 5.41) is 12.3. The summed E-state index contributed by atoms with van der Waals surface area (Å²) in [4.78, 5) is 1.11. The molecule has 0 bridgehead atoms. The first kappa shape index (κ1) is 10.7. The lowest BCUT2D eigenvalue weighted by Crippen LogP contribution is -2.22. The molecular weight excluding hydrogens is 180 g/mol. The smallest absolute Gasteiger partial charge is 0.0965 e. The number of hydrogen-bond acceptors (Lipinski definition) is 2. The van der Waals surface area contributed by atoms with Gasteiger partial charge in [0.2, 0.25) is 0 Å². The van der Waals surface area contributed by atoms with E-state index in [1.54, 1.807) is 11.3 Å². The average molecular weight is 198 g/mol. The summed E-state index contributed by atoms with van der Waals surface area (Å²) in [6.07, 6.45) is 0.828. The molecule has 1 aromatic rings. The van der Waals surface area contributed by atoms with E-state index < -0.39 is 5.60 Å². The van der Waals surface area contributed by atoms with Gasteiger partial charge in [-0.1, -0.05) is 13.8 Å². The first-order valence-electron chi connectivity index (χ1n) is 4.70. The van der Waals surface area contributed by atoms with Crippen molar-refractivity contribution in [1.82, 2.24) is 0 Å². The van der Waals surface area contributed by atoms with Crippen molar-refractivity contribution in [2.45, 2.75) is 39.7 Å². The summed E-state index contributed by atoms with van der Waals surface area (Å²) < 4.78 is 0. The Morgan fingerprint density at radius 1 is 1.54 bits per heavy atom. The highest BCUT2D eigenvalue weighted by molar-refractivity contribution is 7.10. The molecule has 0 fully saturated rings. The molecule has 1 N–H and O–H groups in total. The van der Waals surface area contributed by atoms with Crippen molar-refractivity contribution in [3.63, 3.8) is 0 Å². The minimum absolute atomic E-state index is 0.525. The molecule has 1 atom stereocenters. The summed E-state index contributed by atoms with van der Waals surface area (Å²) in [6.45, 7) is 8.24. The molecule has 0 aliphatic carbocycles. The van der Waals surface area contributed by atoms with Gasteiger partial charge in [-0.05, 0) is 43.2 Å². The van der Waals surface area contributed by atoms with E-state index in [0.717, 1.165) is 11.3 Å². The minimum atomic E-state index is -0.646. The maximum atomic E-state index is 10.2. The zero-order valence-electron chi connectivity index (χ0n) is 8.79. The van der Waals surface area contributed by atoms with Crippen LogP contribution in [0.2, 0.25) is 0 Å². The van der Waals surface area contributed by atoms with E-state index in [1.165, 1.54) is 5.56 Å². The van der Waals surface area contributed by atoms with E-state index in [1.807, 2.05) is 12.3 Å². The molecule has 1 nitrogen and oxygen atoms in total. The van der Waals surface area contributed by atoms with E-state index in [9.17, 15) is 5.11 Å². The van der Waals surface area contributed by atoms with E-state index in [2.05, 4.69) is 26.8 Å². The second kappa shape index (κ2) is 3.81. The Hall–Kier alpha value is -0.340. The van der Waals surface area contributed by atoms with Gasteiger partial charge in [0.1, 0.15) is 0 Å². The number of thiophene rings is 1. The third-order valence-electron chi connectivity index (χ3n) is 2.16. The Kier molecular flexibility index (Phi) is 3.14. The van der Waals surface area contributed by atoms with Gasteiger partial charge in [0, 0.05) is 4.88 Å². The van der Waals surface area contributed by atoms with Gasteiger partial charge >= 0.3 is 0 Å². The van der Waals surface area contributed by atoms with Gasteiger partial charge in [0.05, 0.1) is 5.60 Å². The van der Waals surface area contributed by atoms with Gasteiger partial charge in [-0.3, -0.25) is 0 Å². The molecular formula is C11H18OS. The highest BCUT2D eigenvalue weighted by Crippen LogP contribution is 2.33. The average Bonchev–Trinajstić information content (AvgIpc) is 2.32. The van der Waals surface area contributed by atoms with Gasteiger partial charge in [-0.15, -0.1) is 11.3 Å². The van der Waals surface area contributed by atoms with Crippen LogP contribution in [0.1, 0.15) is 37.6 Å². The van der Waals surface area contributed by atoms with Crippen molar-refractivity contribution in [3.8, 4) is 0 Å². The van der Waals surface area contributed by atoms with E-state index in [0.29, 0.717) is 5.92 Å². The quantitative estimate of drug-likeness (QED) is 0.790. The molecule has 0 saturated heterocycles. The molecule has 74 valence electrons. The van der Waals surface area contributed by atoms with Crippen LogP contribution in [0.5, 0.6) is 0 Å². The fourth-order valence-electron chi connectivity index (χ4n) is 1.81. The normalized spacial score (nSPS) is 16.2. The van der Waals surface area contributed by atoms with Crippen molar-refractivity contribution in [2.24, 2.45) is 5.92 Å². The van der Waals surface area contributed by atoms with Gasteiger partial charge in [0.25, 0.3) is 0 Å². The molecule has 0 aromatic carbocycles. The standard InChI is InChI=1S/C11H18OS/c1-8(2)7-11(4,12)10-9(3)5-6-13-10/h5-6,8,12H,7H2,1-4H3. The van der Waals surface area contributed by atoms with Gasteiger partial charge in [-0.2, -0.15) is 0 Å². The van der Waals surface area contributed by atoms with Crippen molar-refractivity contribution >= 4 is 11.3 Å². The summed E-state index contributed by atoms with van der Waals surface area (Å²) >= 11 is 1.65. The molecule has 2 heteroatoms. The maximum absolute atomic E-state index is 10.2. The third-order valence-corrected chi connectivity index (χ3v) is 3.43. The third kappa shape index (κ3) is 2.55. The van der Waals surface area contributed by atoms with Crippen LogP contribution in [0.4, 0.5) is 0 Å². The van der Waals surface area contributed by atoms with Crippen LogP contribution in [0.15, 0.2) is 11.4 Å². The molecule has 1 rings (SSSR count). The monoisotopic (exact) mass is 198 g/mol. The molecule has 0 aliphatic rings. The van der Waals surface area contributed by atoms with Crippen LogP contribution in [0.25, 0.3) is 0 Å². The summed E-state index contributed by atoms with van der Waals surface area (Å²) in [5.74, 6) is 0.525. The highest BCUT2D eigenvalue weighted by Gasteiger charge is 2.26. The topological polar surface area (TPSA) is 20.2 Å². The lowest BCUT2D eigenvalue weighted by molar-refractivity contribution is 0.0380. The Morgan fingerprint density at radius 2 is 2.15 bits per heavy atom. The maximum Gasteiger partial charge on any atom is 0.0965 e. The van der Waals surface area contributed by atoms with E-state index >= 15 is 0 Å². The van der Waals surface area contributed by atoms with Crippen LogP contribution in [0, 0.1) is 12.8 Å². The number of aliphatic hydroxyl groups is 1. The summed E-state index contributed by atoms with van der Waals surface area (Å²) in [7, 11) is 0. The SMILES string of the molecule is Cc1ccsc1C(C)(O)CC(C)C. The minimum Gasteiger partial charge on any atom is -0.385 e. The van der Waals surface area contributed by atoms with Crippen LogP contribution in [-0.4, -0.2) is 5.11 Å². The lowest BCUT2D eigenvalue weighted by atomic mass is 9.91. The number of rotatable bonds is 3. The molecule has 1 heterocycles. The van der Waals surface area contributed by atoms with Crippen LogP contribution < -0.4 is 0 Å². The summed E-state index contributed by atoms with van der Waals surface area (Å²) in [6, 6.07) is 2.06. The van der Waals surface area contributed by atoms with Crippen molar-refractivity contribution in [1.29, 1.82) is 0 Å². The second-order valence-electron chi connectivity index (χ2n) is 4.30. The lowest BCUT2D eigenvalue weighted by Gasteiger charge is -2.25. The Balaban J connectivity index is 2.87. The summed E-state index contributed by atoms with van der Waals surface area (Å²) in [5.41, 5.74) is 0.558. The molecule has 0 radical (unpaired) electrons. The molecule has 0 aliphatic heterocycles. The van der Waals surface area contributed by atoms with E-state index in [-0.39, 0.29) is 0 Å². The molecule has 13 heavy (non-hydrogen) atoms. The predicted molar refractivity (Wildman–Crippen MR) is 58.1 cm³/mol. The first-order valence-corrected chi connectivity index (χ1v) is 5.58. The molecule has 0 saturated carbocycles. The van der Waals surface area contributed by atoms with Crippen LogP contribution in [0.3, 0.4) is 0 Å². The highest BCUT2D eigenvalue weighted by atomic mass is 32.1. The van der Waals surface area contributed by atoms with Gasteiger partial charge < -0.3 is 5.11 Å². The number of hydrogen-bond donors (Lipinski definition) is 1. The molecule has 0 amide bonds. The Labute approximate surface area is 84.4 Å². The molecule has 0 spiro atoms. The fourth-order valence-corrected chi connectivity index (χ4v) is 2.81. The van der Waals surface area contributed by atoms with Crippen LogP contribution >= 0.6 is 11.3 Å². The largest absolute Gasteiger partial charge is 0.385 e. The molecule has 1 unspecified atom stereocenters. The van der Waals surface area contributed by atoms with Gasteiger partial charge in [-0.25, -0.2) is 0 Å². The van der Waals surface area contributed by atoms with E-state index in [4.69, 9.17) is 0 Å². The first-order chi connectivity index (χ1) is 5.93. The zero-order valence-corrected chi connectivity index (χ0v) is 9.61. The number of aryl methyl sites for hydroxylation is 1. The fraction of sp³-hybridized carbons (Fsp3) is 0.636. The van der Waals surface area contributed by atoms with Gasteiger partial charge in [0.15, 0.2) is 0 Å². The molecule has 1 aromatic heterocycles. The van der Waals surface area contributed by atoms with Crippen LogP contribution in [-0.2, 0) is 5.60 Å². The Bertz CT molecular complexity index is 273.